The molecule has 3 N–H and O–H groups in total. The van der Waals surface area contributed by atoms with Gasteiger partial charge in [-0.2, -0.15) is 0 Å². The summed E-state index contributed by atoms with van der Waals surface area (Å²) in [4.78, 5) is 53.2. The molecule has 4 aliphatic heterocycles. The van der Waals surface area contributed by atoms with Gasteiger partial charge in [-0.3, -0.25) is 19.6 Å². The van der Waals surface area contributed by atoms with Crippen LogP contribution in [0.3, 0.4) is 0 Å². The van der Waals surface area contributed by atoms with Crippen LogP contribution in [0.1, 0.15) is 121 Å². The van der Waals surface area contributed by atoms with Crippen LogP contribution in [0.2, 0.25) is 10.0 Å². The van der Waals surface area contributed by atoms with Gasteiger partial charge in [0.2, 0.25) is 11.8 Å². The molecule has 0 radical (unpaired) electrons. The molecule has 0 bridgehead atoms. The maximum atomic E-state index is 13.1. The van der Waals surface area contributed by atoms with Gasteiger partial charge in [-0.05, 0) is 235 Å². The molecular formula is C53H61Br4Cl2N7O3. The Morgan fingerprint density at radius 3 is 1.41 bits per heavy atom. The molecule has 368 valence electrons. The fourth-order valence-corrected chi connectivity index (χ4v) is 14.4. The number of aromatic nitrogens is 2. The standard InChI is InChI=1S/C27H31Br2ClN4O2.C26H30Br2ClN3O/c28-19-14-18-1-2-21-20(3-4-22(30)25(21)29)24(26(18)32-15-19)17-7-11-33(12-8-17)23(35)13-16-5-9-34(10-6-16)27(31)36;27-19-14-18-1-2-21-20(3-4-22(29)25(21)28)24(26(18)31-15-19)17-7-11-32(12-8-17)23(33)13-16-5-9-30-10-6-16/h3-4,14-17,24H,1-2,5-13H2,(H2,31,36);3-4,14-17,24,30H,1-2,5-13H2. The van der Waals surface area contributed by atoms with Crippen LogP contribution in [-0.2, 0) is 35.3 Å². The molecule has 2 aromatic carbocycles. The van der Waals surface area contributed by atoms with Crippen LogP contribution in [-0.4, -0.2) is 94.9 Å². The van der Waals surface area contributed by atoms with Gasteiger partial charge in [0.15, 0.2) is 0 Å². The Kier molecular flexibility index (Phi) is 17.2. The second-order valence-corrected chi connectivity index (χ2v) is 24.2. The molecule has 4 aromatic rings. The molecule has 4 saturated heterocycles. The van der Waals surface area contributed by atoms with Crippen molar-refractivity contribution < 1.29 is 14.4 Å². The summed E-state index contributed by atoms with van der Waals surface area (Å²) >= 11 is 27.7. The number of hydrogen-bond donors (Lipinski definition) is 2. The monoisotopic (exact) mass is 1230 g/mol. The van der Waals surface area contributed by atoms with E-state index in [1.54, 1.807) is 4.90 Å². The van der Waals surface area contributed by atoms with Crippen LogP contribution in [0.4, 0.5) is 4.79 Å². The zero-order chi connectivity index (χ0) is 48.3. The second-order valence-electron chi connectivity index (χ2n) is 20.0. The van der Waals surface area contributed by atoms with Gasteiger partial charge >= 0.3 is 6.03 Å². The smallest absolute Gasteiger partial charge is 0.314 e. The minimum absolute atomic E-state index is 0.189. The van der Waals surface area contributed by atoms with Crippen LogP contribution >= 0.6 is 86.9 Å². The number of pyridine rings is 2. The van der Waals surface area contributed by atoms with Crippen molar-refractivity contribution in [2.45, 2.75) is 102 Å². The first-order valence-corrected chi connectivity index (χ1v) is 28.8. The number of urea groups is 1. The first-order valence-electron chi connectivity index (χ1n) is 24.9. The number of rotatable bonds is 6. The third-order valence-corrected chi connectivity index (χ3v) is 19.8. The van der Waals surface area contributed by atoms with Crippen molar-refractivity contribution in [1.82, 2.24) is 30.0 Å². The molecule has 10 nitrogen and oxygen atoms in total. The van der Waals surface area contributed by atoms with E-state index >= 15 is 0 Å². The Labute approximate surface area is 450 Å². The highest BCUT2D eigenvalue weighted by Gasteiger charge is 2.38. The van der Waals surface area contributed by atoms with Crippen molar-refractivity contribution in [2.75, 3.05) is 52.4 Å². The Morgan fingerprint density at radius 2 is 0.986 bits per heavy atom. The summed E-state index contributed by atoms with van der Waals surface area (Å²) in [5.41, 5.74) is 15.6. The average Bonchev–Trinajstić information content (AvgIpc) is 3.62. The Hall–Kier alpha value is -2.59. The maximum Gasteiger partial charge on any atom is 0.314 e. The summed E-state index contributed by atoms with van der Waals surface area (Å²) in [6, 6.07) is 12.5. The predicted octanol–water partition coefficient (Wildman–Crippen LogP) is 12.0. The number of nitrogens with one attached hydrogen (secondary N) is 1. The fraction of sp³-hybridized carbons (Fsp3) is 0.528. The first kappa shape index (κ1) is 51.3. The highest BCUT2D eigenvalue weighted by molar-refractivity contribution is 9.11. The average molecular weight is 1230 g/mol. The summed E-state index contributed by atoms with van der Waals surface area (Å²) in [6.45, 7) is 6.64. The lowest BCUT2D eigenvalue weighted by Crippen LogP contribution is -2.44. The third kappa shape index (κ3) is 11.8. The molecule has 4 fully saturated rings. The van der Waals surface area contributed by atoms with Crippen molar-refractivity contribution >= 4 is 105 Å². The molecular weight excluding hydrogens is 1170 g/mol. The van der Waals surface area contributed by atoms with Gasteiger partial charge in [0.1, 0.15) is 0 Å². The molecule has 4 amide bonds. The SMILES string of the molecule is NC(=O)N1CCC(CC(=O)N2CCC(C3c4ccc(Cl)c(Br)c4CCc4cc(Br)cnc43)CC2)CC1.O=C(CC1CCNCC1)N1CCC(C2c3ccc(Cl)c(Br)c3CCc3cc(Br)cnc32)CC1. The van der Waals surface area contributed by atoms with Crippen molar-refractivity contribution in [3.05, 3.63) is 121 Å². The summed E-state index contributed by atoms with van der Waals surface area (Å²) in [6.07, 6.45) is 16.7. The second kappa shape index (κ2) is 23.1. The molecule has 2 aliphatic carbocycles. The molecule has 2 atom stereocenters. The molecule has 16 heteroatoms. The number of benzene rings is 2. The molecule has 2 unspecified atom stereocenters. The highest BCUT2D eigenvalue weighted by Crippen LogP contribution is 2.47. The summed E-state index contributed by atoms with van der Waals surface area (Å²) in [7, 11) is 0. The van der Waals surface area contributed by atoms with Crippen molar-refractivity contribution in [1.29, 1.82) is 0 Å². The number of amides is 4. The maximum absolute atomic E-state index is 13.1. The van der Waals surface area contributed by atoms with Gasteiger partial charge in [0.25, 0.3) is 0 Å². The van der Waals surface area contributed by atoms with Crippen LogP contribution in [0.5, 0.6) is 0 Å². The van der Waals surface area contributed by atoms with E-state index in [9.17, 15) is 14.4 Å². The molecule has 6 aliphatic rings. The Balaban J connectivity index is 0.000000172. The molecule has 6 heterocycles. The van der Waals surface area contributed by atoms with Crippen molar-refractivity contribution in [3.63, 3.8) is 0 Å². The molecule has 69 heavy (non-hydrogen) atoms. The lowest BCUT2D eigenvalue weighted by atomic mass is 9.76. The Bertz CT molecular complexity index is 2540. The minimum Gasteiger partial charge on any atom is -0.351 e. The van der Waals surface area contributed by atoms with E-state index < -0.39 is 0 Å². The van der Waals surface area contributed by atoms with Gasteiger partial charge in [-0.25, -0.2) is 4.79 Å². The van der Waals surface area contributed by atoms with E-state index in [4.69, 9.17) is 38.9 Å². The van der Waals surface area contributed by atoms with Gasteiger partial charge < -0.3 is 25.8 Å². The number of carbonyl (C=O) groups excluding carboxylic acids is 3. The largest absolute Gasteiger partial charge is 0.351 e. The summed E-state index contributed by atoms with van der Waals surface area (Å²) in [5, 5.41) is 4.91. The lowest BCUT2D eigenvalue weighted by Gasteiger charge is -2.38. The molecule has 0 spiro atoms. The first-order chi connectivity index (χ1) is 33.3. The number of nitrogens with two attached hydrogens (primary N) is 1. The van der Waals surface area contributed by atoms with Gasteiger partial charge in [-0.15, -0.1) is 0 Å². The number of primary amides is 1. The third-order valence-electron chi connectivity index (χ3n) is 16.0. The van der Waals surface area contributed by atoms with Crippen molar-refractivity contribution in [3.8, 4) is 0 Å². The van der Waals surface area contributed by atoms with Crippen molar-refractivity contribution in [2.24, 2.45) is 29.4 Å². The van der Waals surface area contributed by atoms with Gasteiger partial charge in [0, 0.05) is 94.2 Å². The number of hydrogen-bond acceptors (Lipinski definition) is 6. The summed E-state index contributed by atoms with van der Waals surface area (Å²) < 4.78 is 4.05. The van der Waals surface area contributed by atoms with Crippen LogP contribution in [0.25, 0.3) is 0 Å². The normalized spacial score (nSPS) is 21.4. The summed E-state index contributed by atoms with van der Waals surface area (Å²) in [5.74, 6) is 2.76. The van der Waals surface area contributed by atoms with E-state index in [-0.39, 0.29) is 23.8 Å². The molecule has 10 rings (SSSR count). The van der Waals surface area contributed by atoms with E-state index in [0.717, 1.165) is 150 Å². The molecule has 2 aromatic heterocycles. The van der Waals surface area contributed by atoms with Crippen LogP contribution < -0.4 is 11.1 Å². The van der Waals surface area contributed by atoms with E-state index in [1.165, 1.54) is 39.1 Å². The number of carbonyl (C=O) groups is 3. The number of piperidine rings is 4. The fourth-order valence-electron chi connectivity index (χ4n) is 12.2. The van der Waals surface area contributed by atoms with Crippen LogP contribution in [0.15, 0.2) is 66.7 Å². The number of fused-ring (bicyclic) bond motifs is 4. The number of halogens is 6. The number of nitrogens with zero attached hydrogens (tertiary/aromatic N) is 5. The predicted molar refractivity (Wildman–Crippen MR) is 288 cm³/mol. The zero-order valence-electron chi connectivity index (χ0n) is 38.9. The quantitative estimate of drug-likeness (QED) is 0.198. The topological polar surface area (TPSA) is 125 Å². The van der Waals surface area contributed by atoms with E-state index in [0.29, 0.717) is 55.5 Å². The zero-order valence-corrected chi connectivity index (χ0v) is 46.8. The highest BCUT2D eigenvalue weighted by atomic mass is 79.9. The lowest BCUT2D eigenvalue weighted by molar-refractivity contribution is -0.134. The molecule has 0 saturated carbocycles. The van der Waals surface area contributed by atoms with Crippen LogP contribution in [0, 0.1) is 23.7 Å². The van der Waals surface area contributed by atoms with E-state index in [1.807, 2.05) is 29.4 Å². The van der Waals surface area contributed by atoms with E-state index in [2.05, 4.69) is 98.2 Å². The van der Waals surface area contributed by atoms with Gasteiger partial charge in [-0.1, -0.05) is 35.3 Å². The number of likely N-dealkylation sites (tertiary alicyclic amines) is 3. The van der Waals surface area contributed by atoms with Gasteiger partial charge in [0.05, 0.1) is 21.4 Å². The minimum atomic E-state index is -0.361. The number of aryl methyl sites for hydroxylation is 2. The Morgan fingerprint density at radius 1 is 0.580 bits per heavy atom.